The minimum atomic E-state index is -4.38. The Morgan fingerprint density at radius 3 is 2.56 bits per heavy atom. The van der Waals surface area contributed by atoms with Gasteiger partial charge in [-0.2, -0.15) is 0 Å². The van der Waals surface area contributed by atoms with E-state index in [2.05, 4.69) is 19.9 Å². The summed E-state index contributed by atoms with van der Waals surface area (Å²) in [7, 11) is -4.38. The van der Waals surface area contributed by atoms with Crippen molar-refractivity contribution >= 4 is 38.9 Å². The number of carboxylic acid groups (broad SMARTS) is 1. The first-order valence-electron chi connectivity index (χ1n) is 13.0. The van der Waals surface area contributed by atoms with Crippen molar-refractivity contribution in [3.63, 3.8) is 0 Å². The molecule has 2 N–H and O–H groups in total. The van der Waals surface area contributed by atoms with Crippen LogP contribution in [0.4, 0.5) is 13.2 Å². The molecular formula is C26H30ClF3N4O5S2. The van der Waals surface area contributed by atoms with Crippen LogP contribution in [0.3, 0.4) is 0 Å². The van der Waals surface area contributed by atoms with Gasteiger partial charge in [0, 0.05) is 23.6 Å². The molecule has 41 heavy (non-hydrogen) atoms. The van der Waals surface area contributed by atoms with Gasteiger partial charge < -0.3 is 9.52 Å². The highest BCUT2D eigenvalue weighted by atomic mass is 35.5. The number of halogens is 4. The molecule has 15 heteroatoms. The number of nitrogens with one attached hydrogen (secondary N) is 1. The van der Waals surface area contributed by atoms with Crippen molar-refractivity contribution < 1.29 is 35.9 Å². The minimum absolute atomic E-state index is 0.0124. The SMILES string of the molecule is C[C@@H](CF)NS(=O)(=O)c1ccc(-c2sc(-c3nnc(CC(C)(C)C(=O)O)o3)nc2CC2CCCC2)c(C(F)F)c1Cl. The molecule has 1 atom stereocenters. The number of carbonyl (C=O) groups is 1. The quantitative estimate of drug-likeness (QED) is 0.231. The first-order valence-corrected chi connectivity index (χ1v) is 15.7. The standard InChI is InChI=1S/C26H30ClF3N4O5S2/c1-13(12-28)34-41(37,38)17-9-8-15(19(20(17)27)22(29)30)21-16(10-14-6-4-5-7-14)31-24(40-21)23-33-32-18(39-23)11-26(2,3)25(35)36/h8-9,13-14,22,34H,4-7,10-12H2,1-3H3,(H,35,36)/t13-/m0/s1. The molecule has 0 radical (unpaired) electrons. The average Bonchev–Trinajstić information content (AvgIpc) is 3.64. The molecule has 1 fully saturated rings. The third-order valence-electron chi connectivity index (χ3n) is 6.96. The normalized spacial score (nSPS) is 15.6. The number of nitrogens with zero attached hydrogens (tertiary/aromatic N) is 3. The largest absolute Gasteiger partial charge is 0.481 e. The van der Waals surface area contributed by atoms with E-state index in [-0.39, 0.29) is 34.7 Å². The zero-order valence-electron chi connectivity index (χ0n) is 22.6. The van der Waals surface area contributed by atoms with Gasteiger partial charge in [0.25, 0.3) is 12.3 Å². The fraction of sp³-hybridized carbons (Fsp3) is 0.538. The minimum Gasteiger partial charge on any atom is -0.481 e. The predicted octanol–water partition coefficient (Wildman–Crippen LogP) is 6.47. The molecule has 1 aliphatic rings. The van der Waals surface area contributed by atoms with Gasteiger partial charge in [-0.05, 0) is 39.2 Å². The van der Waals surface area contributed by atoms with Crippen LogP contribution >= 0.6 is 22.9 Å². The maximum Gasteiger partial charge on any atom is 0.309 e. The van der Waals surface area contributed by atoms with Crippen LogP contribution in [0.25, 0.3) is 21.3 Å². The van der Waals surface area contributed by atoms with E-state index in [1.807, 2.05) is 0 Å². The number of hydrogen-bond acceptors (Lipinski definition) is 8. The lowest BCUT2D eigenvalue weighted by Gasteiger charge is -2.17. The van der Waals surface area contributed by atoms with Crippen LogP contribution in [0.2, 0.25) is 5.02 Å². The van der Waals surface area contributed by atoms with Crippen LogP contribution in [0.15, 0.2) is 21.4 Å². The molecule has 2 heterocycles. The Balaban J connectivity index is 1.80. The van der Waals surface area contributed by atoms with E-state index in [0.29, 0.717) is 17.0 Å². The molecule has 1 aliphatic carbocycles. The zero-order chi connectivity index (χ0) is 30.1. The van der Waals surface area contributed by atoms with Gasteiger partial charge >= 0.3 is 5.97 Å². The summed E-state index contributed by atoms with van der Waals surface area (Å²) in [6.07, 6.45) is 1.35. The molecule has 0 bridgehead atoms. The summed E-state index contributed by atoms with van der Waals surface area (Å²) in [5, 5.41) is 17.0. The fourth-order valence-electron chi connectivity index (χ4n) is 4.70. The molecule has 0 amide bonds. The molecule has 1 saturated carbocycles. The second kappa shape index (κ2) is 12.4. The van der Waals surface area contributed by atoms with Gasteiger partial charge in [0.1, 0.15) is 11.6 Å². The van der Waals surface area contributed by atoms with E-state index < -0.39 is 56.0 Å². The van der Waals surface area contributed by atoms with E-state index in [1.165, 1.54) is 26.8 Å². The van der Waals surface area contributed by atoms with Crippen LogP contribution in [0, 0.1) is 11.3 Å². The number of hydrogen-bond donors (Lipinski definition) is 2. The van der Waals surface area contributed by atoms with Crippen LogP contribution in [0.1, 0.15) is 70.0 Å². The summed E-state index contributed by atoms with van der Waals surface area (Å²) < 4.78 is 75.4. The molecule has 0 unspecified atom stereocenters. The average molecular weight is 635 g/mol. The summed E-state index contributed by atoms with van der Waals surface area (Å²) in [4.78, 5) is 16.0. The van der Waals surface area contributed by atoms with E-state index in [4.69, 9.17) is 16.0 Å². The van der Waals surface area contributed by atoms with Crippen molar-refractivity contribution in [2.45, 2.75) is 76.7 Å². The Morgan fingerprint density at radius 2 is 1.95 bits per heavy atom. The van der Waals surface area contributed by atoms with E-state index in [1.54, 1.807) is 0 Å². The molecule has 9 nitrogen and oxygen atoms in total. The molecule has 4 rings (SSSR count). The van der Waals surface area contributed by atoms with Crippen molar-refractivity contribution in [2.24, 2.45) is 11.3 Å². The van der Waals surface area contributed by atoms with Crippen LogP contribution in [-0.4, -0.2) is 47.4 Å². The third-order valence-corrected chi connectivity index (χ3v) is 10.2. The first-order chi connectivity index (χ1) is 19.2. The smallest absolute Gasteiger partial charge is 0.309 e. The van der Waals surface area contributed by atoms with Crippen molar-refractivity contribution in [1.29, 1.82) is 0 Å². The number of alkyl halides is 3. The maximum absolute atomic E-state index is 14.5. The number of aromatic nitrogens is 3. The third kappa shape index (κ3) is 6.92. The van der Waals surface area contributed by atoms with E-state index in [0.717, 1.165) is 43.1 Å². The van der Waals surface area contributed by atoms with Crippen LogP contribution in [0.5, 0.6) is 0 Å². The van der Waals surface area contributed by atoms with Gasteiger partial charge in [-0.15, -0.1) is 21.5 Å². The summed E-state index contributed by atoms with van der Waals surface area (Å²) in [6, 6.07) is 1.30. The lowest BCUT2D eigenvalue weighted by Crippen LogP contribution is -2.34. The number of rotatable bonds is 12. The van der Waals surface area contributed by atoms with Gasteiger partial charge in [0.2, 0.25) is 15.9 Å². The maximum atomic E-state index is 14.5. The highest BCUT2D eigenvalue weighted by molar-refractivity contribution is 7.89. The Kier molecular flexibility index (Phi) is 9.46. The second-order valence-electron chi connectivity index (χ2n) is 10.8. The van der Waals surface area contributed by atoms with Crippen molar-refractivity contribution in [3.8, 4) is 21.3 Å². The Morgan fingerprint density at radius 1 is 1.27 bits per heavy atom. The molecule has 0 spiro atoms. The van der Waals surface area contributed by atoms with E-state index >= 15 is 0 Å². The first kappa shape index (κ1) is 31.4. The predicted molar refractivity (Wildman–Crippen MR) is 147 cm³/mol. The zero-order valence-corrected chi connectivity index (χ0v) is 25.0. The Labute approximate surface area is 244 Å². The van der Waals surface area contributed by atoms with Gasteiger partial charge in [-0.1, -0.05) is 43.4 Å². The molecule has 224 valence electrons. The number of thiazole rings is 1. The molecule has 2 aromatic heterocycles. The summed E-state index contributed by atoms with van der Waals surface area (Å²) in [5.41, 5.74) is -1.31. The highest BCUT2D eigenvalue weighted by Gasteiger charge is 2.33. The van der Waals surface area contributed by atoms with Crippen LogP contribution in [-0.2, 0) is 27.7 Å². The number of sulfonamides is 1. The number of benzene rings is 1. The second-order valence-corrected chi connectivity index (χ2v) is 13.9. The topological polar surface area (TPSA) is 135 Å². The van der Waals surface area contributed by atoms with Crippen molar-refractivity contribution in [2.75, 3.05) is 6.67 Å². The number of carboxylic acids is 1. The van der Waals surface area contributed by atoms with Gasteiger partial charge in [-0.25, -0.2) is 31.3 Å². The Hall–Kier alpha value is -2.55. The molecule has 1 aromatic carbocycles. The monoisotopic (exact) mass is 634 g/mol. The van der Waals surface area contributed by atoms with Crippen molar-refractivity contribution in [1.82, 2.24) is 19.9 Å². The van der Waals surface area contributed by atoms with Crippen LogP contribution < -0.4 is 4.72 Å². The van der Waals surface area contributed by atoms with Crippen molar-refractivity contribution in [3.05, 3.63) is 34.3 Å². The number of aliphatic carboxylic acids is 1. The lowest BCUT2D eigenvalue weighted by atomic mass is 9.90. The Bertz CT molecular complexity index is 1520. The molecule has 3 aromatic rings. The van der Waals surface area contributed by atoms with Gasteiger partial charge in [-0.3, -0.25) is 4.79 Å². The molecule has 0 aliphatic heterocycles. The summed E-state index contributed by atoms with van der Waals surface area (Å²) in [6.45, 7) is 3.35. The molecule has 0 saturated heterocycles. The van der Waals surface area contributed by atoms with E-state index in [9.17, 15) is 31.5 Å². The highest BCUT2D eigenvalue weighted by Crippen LogP contribution is 2.45. The van der Waals surface area contributed by atoms with Gasteiger partial charge in [0.15, 0.2) is 5.01 Å². The summed E-state index contributed by atoms with van der Waals surface area (Å²) in [5.74, 6) is -0.653. The fourth-order valence-corrected chi connectivity index (χ4v) is 7.62. The lowest BCUT2D eigenvalue weighted by molar-refractivity contribution is -0.147. The summed E-state index contributed by atoms with van der Waals surface area (Å²) >= 11 is 7.33. The van der Waals surface area contributed by atoms with Gasteiger partial charge in [0.05, 0.1) is 21.0 Å². The molecular weight excluding hydrogens is 605 g/mol.